The van der Waals surface area contributed by atoms with Crippen molar-refractivity contribution in [1.82, 2.24) is 19.5 Å². The molecule has 24 heavy (non-hydrogen) atoms. The smallest absolute Gasteiger partial charge is 0.278 e. The van der Waals surface area contributed by atoms with Gasteiger partial charge in [-0.05, 0) is 25.6 Å². The molecule has 0 bridgehead atoms. The van der Waals surface area contributed by atoms with Crippen molar-refractivity contribution in [2.75, 3.05) is 5.75 Å². The van der Waals surface area contributed by atoms with Gasteiger partial charge in [0.15, 0.2) is 23.2 Å². The minimum Gasteiger partial charge on any atom is -0.348 e. The molecule has 0 saturated carbocycles. The zero-order valence-corrected chi connectivity index (χ0v) is 13.8. The predicted molar refractivity (Wildman–Crippen MR) is 84.0 cm³/mol. The standard InChI is InChI=1S/C14H15N5O4S/c1-14(2)22-9-7(3-24-4-15)21-13(10(9)23-14)19-6-18-8-11(19)16-5-17-12(8)20/h5-7,9-10,13H,3H2,1-2H3,(H,16,17,20)/t7-,9+,10-,13+/m0/s1. The number of hydrogen-bond acceptors (Lipinski definition) is 8. The summed E-state index contributed by atoms with van der Waals surface area (Å²) in [6, 6.07) is 0. The molecule has 2 aromatic rings. The van der Waals surface area contributed by atoms with Gasteiger partial charge in [-0.2, -0.15) is 5.26 Å². The van der Waals surface area contributed by atoms with Crippen LogP contribution in [0.25, 0.3) is 11.2 Å². The monoisotopic (exact) mass is 349 g/mol. The summed E-state index contributed by atoms with van der Waals surface area (Å²) in [6.07, 6.45) is 1.34. The molecule has 126 valence electrons. The van der Waals surface area contributed by atoms with Gasteiger partial charge < -0.3 is 19.2 Å². The highest BCUT2D eigenvalue weighted by atomic mass is 32.2. The Hall–Kier alpha value is -1.93. The number of hydrogen-bond donors (Lipinski definition) is 1. The van der Waals surface area contributed by atoms with Crippen LogP contribution in [0.3, 0.4) is 0 Å². The summed E-state index contributed by atoms with van der Waals surface area (Å²) >= 11 is 1.11. The van der Waals surface area contributed by atoms with E-state index in [1.807, 2.05) is 19.2 Å². The second kappa shape index (κ2) is 5.56. The molecule has 9 nitrogen and oxygen atoms in total. The lowest BCUT2D eigenvalue weighted by Crippen LogP contribution is -2.31. The molecule has 2 fully saturated rings. The number of aromatic nitrogens is 4. The van der Waals surface area contributed by atoms with Gasteiger partial charge in [-0.15, -0.1) is 0 Å². The highest BCUT2D eigenvalue weighted by molar-refractivity contribution is 8.03. The van der Waals surface area contributed by atoms with Crippen LogP contribution in [-0.2, 0) is 14.2 Å². The number of nitrogens with zero attached hydrogens (tertiary/aromatic N) is 4. The molecule has 0 aromatic carbocycles. The minimum atomic E-state index is -0.742. The molecular weight excluding hydrogens is 334 g/mol. The summed E-state index contributed by atoms with van der Waals surface area (Å²) < 4.78 is 19.7. The van der Waals surface area contributed by atoms with Crippen molar-refractivity contribution in [2.45, 2.75) is 44.2 Å². The first-order chi connectivity index (χ1) is 11.5. The van der Waals surface area contributed by atoms with E-state index in [-0.39, 0.29) is 29.4 Å². The van der Waals surface area contributed by atoms with Gasteiger partial charge in [0, 0.05) is 5.75 Å². The fraction of sp³-hybridized carbons (Fsp3) is 0.571. The third-order valence-corrected chi connectivity index (χ3v) is 4.70. The first-order valence-electron chi connectivity index (χ1n) is 7.42. The molecule has 0 spiro atoms. The third kappa shape index (κ3) is 2.41. The Morgan fingerprint density at radius 1 is 1.42 bits per heavy atom. The van der Waals surface area contributed by atoms with E-state index in [0.29, 0.717) is 11.4 Å². The normalized spacial score (nSPS) is 31.2. The zero-order chi connectivity index (χ0) is 16.9. The van der Waals surface area contributed by atoms with Gasteiger partial charge in [-0.3, -0.25) is 9.36 Å². The quantitative estimate of drug-likeness (QED) is 0.807. The summed E-state index contributed by atoms with van der Waals surface area (Å²) in [6.45, 7) is 3.68. The van der Waals surface area contributed by atoms with Gasteiger partial charge in [0.05, 0.1) is 18.8 Å². The molecule has 10 heteroatoms. The van der Waals surface area contributed by atoms with E-state index in [0.717, 1.165) is 11.8 Å². The fourth-order valence-electron chi connectivity index (χ4n) is 3.19. The summed E-state index contributed by atoms with van der Waals surface area (Å²) in [5.41, 5.74) is 0.351. The van der Waals surface area contributed by atoms with Gasteiger partial charge in [0.1, 0.15) is 17.6 Å². The van der Waals surface area contributed by atoms with Gasteiger partial charge in [0.25, 0.3) is 5.56 Å². The first-order valence-corrected chi connectivity index (χ1v) is 8.41. The highest BCUT2D eigenvalue weighted by Crippen LogP contribution is 2.44. The molecule has 2 aliphatic heterocycles. The molecule has 2 saturated heterocycles. The van der Waals surface area contributed by atoms with Crippen molar-refractivity contribution >= 4 is 22.9 Å². The van der Waals surface area contributed by atoms with Crippen LogP contribution in [0, 0.1) is 10.7 Å². The van der Waals surface area contributed by atoms with Crippen molar-refractivity contribution in [3.8, 4) is 5.40 Å². The maximum atomic E-state index is 11.8. The number of aromatic amines is 1. The number of fused-ring (bicyclic) bond motifs is 2. The van der Waals surface area contributed by atoms with E-state index in [1.165, 1.54) is 12.7 Å². The van der Waals surface area contributed by atoms with E-state index in [4.69, 9.17) is 19.5 Å². The number of thioether (sulfide) groups is 1. The van der Waals surface area contributed by atoms with E-state index >= 15 is 0 Å². The van der Waals surface area contributed by atoms with E-state index < -0.39 is 12.0 Å². The molecule has 4 rings (SSSR count). The van der Waals surface area contributed by atoms with Crippen molar-refractivity contribution in [3.05, 3.63) is 23.0 Å². The van der Waals surface area contributed by atoms with Crippen LogP contribution >= 0.6 is 11.8 Å². The number of nitrogens with one attached hydrogen (secondary N) is 1. The molecular formula is C14H15N5O4S. The maximum Gasteiger partial charge on any atom is 0.278 e. The Bertz CT molecular complexity index is 872. The van der Waals surface area contributed by atoms with Crippen LogP contribution in [0.15, 0.2) is 17.4 Å². The number of nitriles is 1. The molecule has 2 aromatic heterocycles. The lowest BCUT2D eigenvalue weighted by Gasteiger charge is -2.24. The Labute approximate surface area is 140 Å². The lowest BCUT2D eigenvalue weighted by molar-refractivity contribution is -0.193. The zero-order valence-electron chi connectivity index (χ0n) is 13.0. The number of ether oxygens (including phenoxy) is 3. The van der Waals surface area contributed by atoms with Crippen molar-refractivity contribution in [2.24, 2.45) is 0 Å². The third-order valence-electron chi connectivity index (χ3n) is 4.08. The number of rotatable bonds is 3. The van der Waals surface area contributed by atoms with E-state index in [1.54, 1.807) is 4.57 Å². The topological polar surface area (TPSA) is 115 Å². The second-order valence-electron chi connectivity index (χ2n) is 6.09. The number of thiocyanates is 1. The Kier molecular flexibility index (Phi) is 3.61. The molecule has 2 aliphatic rings. The molecule has 4 atom stereocenters. The summed E-state index contributed by atoms with van der Waals surface area (Å²) in [4.78, 5) is 22.7. The van der Waals surface area contributed by atoms with E-state index in [9.17, 15) is 4.79 Å². The summed E-state index contributed by atoms with van der Waals surface area (Å²) in [7, 11) is 0. The van der Waals surface area contributed by atoms with Gasteiger partial charge in [-0.1, -0.05) is 0 Å². The Morgan fingerprint density at radius 3 is 3.00 bits per heavy atom. The average molecular weight is 349 g/mol. The predicted octanol–water partition coefficient (Wildman–Crippen LogP) is 0.751. The highest BCUT2D eigenvalue weighted by Gasteiger charge is 2.56. The summed E-state index contributed by atoms with van der Waals surface area (Å²) in [5, 5.41) is 10.9. The number of imidazole rings is 1. The molecule has 0 unspecified atom stereocenters. The van der Waals surface area contributed by atoms with Crippen molar-refractivity contribution in [3.63, 3.8) is 0 Å². The number of H-pyrrole nitrogens is 1. The first kappa shape index (κ1) is 15.6. The van der Waals surface area contributed by atoms with Crippen LogP contribution < -0.4 is 5.56 Å². The Balaban J connectivity index is 1.73. The van der Waals surface area contributed by atoms with Gasteiger partial charge >= 0.3 is 0 Å². The van der Waals surface area contributed by atoms with E-state index in [2.05, 4.69) is 15.0 Å². The van der Waals surface area contributed by atoms with Crippen molar-refractivity contribution < 1.29 is 14.2 Å². The maximum absolute atomic E-state index is 11.8. The largest absolute Gasteiger partial charge is 0.348 e. The SMILES string of the molecule is CC1(C)O[C@H]2[C@H](O1)[C@H](n1cnc3c(=O)[nH]cnc31)O[C@H]2CSC#N. The Morgan fingerprint density at radius 2 is 2.21 bits per heavy atom. The van der Waals surface area contributed by atoms with Gasteiger partial charge in [-0.25, -0.2) is 9.97 Å². The fourth-order valence-corrected chi connectivity index (χ4v) is 3.69. The molecule has 1 N–H and O–H groups in total. The van der Waals surface area contributed by atoms with Crippen LogP contribution in [0.1, 0.15) is 20.1 Å². The minimum absolute atomic E-state index is 0.241. The molecule has 4 heterocycles. The second-order valence-corrected chi connectivity index (χ2v) is 6.89. The van der Waals surface area contributed by atoms with Crippen molar-refractivity contribution in [1.29, 1.82) is 5.26 Å². The summed E-state index contributed by atoms with van der Waals surface area (Å²) in [5.74, 6) is -0.275. The van der Waals surface area contributed by atoms with Crippen LogP contribution in [-0.4, -0.2) is 49.4 Å². The molecule has 0 amide bonds. The average Bonchev–Trinajstić information content (AvgIpc) is 3.17. The van der Waals surface area contributed by atoms with Crippen LogP contribution in [0.4, 0.5) is 0 Å². The lowest BCUT2D eigenvalue weighted by atomic mass is 10.1. The molecule has 0 aliphatic carbocycles. The van der Waals surface area contributed by atoms with Crippen LogP contribution in [0.2, 0.25) is 0 Å². The van der Waals surface area contributed by atoms with Gasteiger partial charge in [0.2, 0.25) is 0 Å². The molecule has 0 radical (unpaired) electrons. The van der Waals surface area contributed by atoms with Crippen LogP contribution in [0.5, 0.6) is 0 Å².